The van der Waals surface area contributed by atoms with Crippen LogP contribution in [0.1, 0.15) is 56.2 Å². The van der Waals surface area contributed by atoms with Gasteiger partial charge in [-0.1, -0.05) is 91.0 Å². The molecule has 4 heteroatoms. The SMILES string of the molecule is CC(C)(CCC(c1ccccc1)(c1ccccc1)C1C=N1)N1CCC(OCc2cccc(-c3cccc(O)c3)c2)CC1. The molecule has 4 aromatic rings. The summed E-state index contributed by atoms with van der Waals surface area (Å²) in [5, 5.41) is 9.87. The molecule has 0 aromatic heterocycles. The molecule has 42 heavy (non-hydrogen) atoms. The van der Waals surface area contributed by atoms with Crippen molar-refractivity contribution >= 4 is 6.21 Å². The van der Waals surface area contributed by atoms with Crippen LogP contribution in [0.3, 0.4) is 0 Å². The molecule has 2 aliphatic rings. The van der Waals surface area contributed by atoms with Crippen LogP contribution in [0.2, 0.25) is 0 Å². The number of hydrogen-bond acceptors (Lipinski definition) is 4. The Kier molecular flexibility index (Phi) is 8.28. The second-order valence-electron chi connectivity index (χ2n) is 12.5. The average Bonchev–Trinajstić information content (AvgIpc) is 3.88. The summed E-state index contributed by atoms with van der Waals surface area (Å²) in [6.45, 7) is 7.53. The van der Waals surface area contributed by atoms with Gasteiger partial charge in [0.1, 0.15) is 5.75 Å². The summed E-state index contributed by atoms with van der Waals surface area (Å²) in [6.07, 6.45) is 6.63. The smallest absolute Gasteiger partial charge is 0.116 e. The number of benzene rings is 4. The van der Waals surface area contributed by atoms with Crippen LogP contribution >= 0.6 is 0 Å². The molecule has 0 aliphatic carbocycles. The summed E-state index contributed by atoms with van der Waals surface area (Å²) in [6, 6.07) is 38.1. The summed E-state index contributed by atoms with van der Waals surface area (Å²) >= 11 is 0. The molecule has 1 saturated heterocycles. The second-order valence-corrected chi connectivity index (χ2v) is 12.5. The predicted molar refractivity (Wildman–Crippen MR) is 172 cm³/mol. The number of phenols is 1. The first kappa shape index (κ1) is 28.4. The van der Waals surface area contributed by atoms with Gasteiger partial charge in [0.05, 0.1) is 18.8 Å². The zero-order chi connectivity index (χ0) is 29.0. The number of aromatic hydroxyl groups is 1. The van der Waals surface area contributed by atoms with E-state index in [0.29, 0.717) is 6.61 Å². The van der Waals surface area contributed by atoms with E-state index in [4.69, 9.17) is 9.73 Å². The largest absolute Gasteiger partial charge is 0.508 e. The third-order valence-corrected chi connectivity index (χ3v) is 9.40. The Bertz CT molecular complexity index is 1440. The zero-order valence-corrected chi connectivity index (χ0v) is 24.8. The lowest BCUT2D eigenvalue weighted by atomic mass is 9.67. The van der Waals surface area contributed by atoms with Crippen molar-refractivity contribution < 1.29 is 9.84 Å². The van der Waals surface area contributed by atoms with Gasteiger partial charge in [0.15, 0.2) is 0 Å². The first-order valence-corrected chi connectivity index (χ1v) is 15.3. The van der Waals surface area contributed by atoms with Crippen LogP contribution in [0.5, 0.6) is 5.75 Å². The van der Waals surface area contributed by atoms with Crippen LogP contribution in [0.4, 0.5) is 0 Å². The van der Waals surface area contributed by atoms with Crippen LogP contribution in [0.25, 0.3) is 11.1 Å². The number of phenolic OH excluding ortho intramolecular Hbond substituents is 1. The van der Waals surface area contributed by atoms with E-state index < -0.39 is 0 Å². The molecule has 0 radical (unpaired) electrons. The molecule has 4 aromatic carbocycles. The van der Waals surface area contributed by atoms with Crippen LogP contribution in [-0.2, 0) is 16.8 Å². The number of ether oxygens (including phenoxy) is 1. The van der Waals surface area contributed by atoms with Crippen molar-refractivity contribution in [2.45, 2.75) is 69.2 Å². The molecule has 1 unspecified atom stereocenters. The molecule has 2 aliphatic heterocycles. The number of piperidine rings is 1. The molecule has 6 rings (SSSR count). The molecular formula is C38H42N2O2. The van der Waals surface area contributed by atoms with E-state index in [1.165, 1.54) is 16.7 Å². The number of rotatable bonds is 11. The van der Waals surface area contributed by atoms with E-state index in [9.17, 15) is 5.11 Å². The monoisotopic (exact) mass is 558 g/mol. The van der Waals surface area contributed by atoms with Gasteiger partial charge in [0.25, 0.3) is 0 Å². The highest BCUT2D eigenvalue weighted by Crippen LogP contribution is 2.45. The zero-order valence-electron chi connectivity index (χ0n) is 24.8. The first-order valence-electron chi connectivity index (χ1n) is 15.3. The molecule has 0 bridgehead atoms. The van der Waals surface area contributed by atoms with Gasteiger partial charge >= 0.3 is 0 Å². The quantitative estimate of drug-likeness (QED) is 0.203. The Balaban J connectivity index is 1.07. The molecule has 2 heterocycles. The number of hydrogen-bond donors (Lipinski definition) is 1. The molecular weight excluding hydrogens is 516 g/mol. The lowest BCUT2D eigenvalue weighted by Crippen LogP contribution is -2.50. The number of aliphatic imine (C=N–C) groups is 1. The minimum absolute atomic E-state index is 0.0737. The lowest BCUT2D eigenvalue weighted by Gasteiger charge is -2.45. The minimum Gasteiger partial charge on any atom is -0.508 e. The summed E-state index contributed by atoms with van der Waals surface area (Å²) in [4.78, 5) is 7.43. The van der Waals surface area contributed by atoms with Gasteiger partial charge in [-0.3, -0.25) is 9.89 Å². The van der Waals surface area contributed by atoms with Gasteiger partial charge in [0.2, 0.25) is 0 Å². The lowest BCUT2D eigenvalue weighted by molar-refractivity contribution is -0.0266. The molecule has 1 fully saturated rings. The highest BCUT2D eigenvalue weighted by molar-refractivity contribution is 5.82. The number of nitrogens with zero attached hydrogens (tertiary/aromatic N) is 2. The molecule has 0 saturated carbocycles. The Morgan fingerprint density at radius 3 is 1.95 bits per heavy atom. The molecule has 1 N–H and O–H groups in total. The summed E-state index contributed by atoms with van der Waals surface area (Å²) in [7, 11) is 0. The summed E-state index contributed by atoms with van der Waals surface area (Å²) in [5.74, 6) is 0.288. The summed E-state index contributed by atoms with van der Waals surface area (Å²) < 4.78 is 6.42. The maximum atomic E-state index is 9.87. The molecule has 0 amide bonds. The van der Waals surface area contributed by atoms with Crippen molar-refractivity contribution in [1.29, 1.82) is 0 Å². The highest BCUT2D eigenvalue weighted by Gasteiger charge is 2.46. The fourth-order valence-electron chi connectivity index (χ4n) is 6.74. The topological polar surface area (TPSA) is 45.1 Å². The maximum Gasteiger partial charge on any atom is 0.116 e. The number of likely N-dealkylation sites (tertiary alicyclic amines) is 1. The van der Waals surface area contributed by atoms with E-state index in [2.05, 4.69) is 110 Å². The van der Waals surface area contributed by atoms with Gasteiger partial charge in [-0.15, -0.1) is 0 Å². The van der Waals surface area contributed by atoms with E-state index in [-0.39, 0.29) is 28.8 Å². The average molecular weight is 559 g/mol. The van der Waals surface area contributed by atoms with Crippen molar-refractivity contribution in [2.75, 3.05) is 13.1 Å². The van der Waals surface area contributed by atoms with E-state index in [1.54, 1.807) is 12.1 Å². The van der Waals surface area contributed by atoms with Gasteiger partial charge in [-0.05, 0) is 85.5 Å². The van der Waals surface area contributed by atoms with E-state index >= 15 is 0 Å². The highest BCUT2D eigenvalue weighted by atomic mass is 16.5. The minimum atomic E-state index is -0.131. The van der Waals surface area contributed by atoms with E-state index in [0.717, 1.165) is 49.9 Å². The molecule has 0 spiro atoms. The Morgan fingerprint density at radius 2 is 1.36 bits per heavy atom. The fourth-order valence-corrected chi connectivity index (χ4v) is 6.74. The maximum absolute atomic E-state index is 9.87. The molecule has 216 valence electrons. The first-order chi connectivity index (χ1) is 20.4. The van der Waals surface area contributed by atoms with Gasteiger partial charge in [-0.2, -0.15) is 0 Å². The Hall–Kier alpha value is -3.73. The predicted octanol–water partition coefficient (Wildman–Crippen LogP) is 8.04. The third kappa shape index (κ3) is 6.21. The van der Waals surface area contributed by atoms with Crippen molar-refractivity contribution in [3.63, 3.8) is 0 Å². The normalized spacial score (nSPS) is 17.8. The molecule has 1 atom stereocenters. The van der Waals surface area contributed by atoms with Crippen molar-refractivity contribution in [3.8, 4) is 16.9 Å². The second kappa shape index (κ2) is 12.2. The van der Waals surface area contributed by atoms with Crippen LogP contribution in [-0.4, -0.2) is 47.0 Å². The summed E-state index contributed by atoms with van der Waals surface area (Å²) in [5.41, 5.74) is 5.94. The standard InChI is InChI=1S/C38H42N2O2/c1-37(2,21-22-38(36-27-39-36,32-14-5-3-6-15-32)33-16-7-4-8-17-33)40-23-19-35(20-24-40)42-28-29-11-9-12-30(25-29)31-13-10-18-34(41)26-31/h3-18,25-27,35-36,41H,19-24,28H2,1-2H3. The van der Waals surface area contributed by atoms with Crippen molar-refractivity contribution in [2.24, 2.45) is 4.99 Å². The van der Waals surface area contributed by atoms with Gasteiger partial charge in [-0.25, -0.2) is 0 Å². The Morgan fingerprint density at radius 1 is 0.762 bits per heavy atom. The van der Waals surface area contributed by atoms with E-state index in [1.807, 2.05) is 12.1 Å². The third-order valence-electron chi connectivity index (χ3n) is 9.40. The van der Waals surface area contributed by atoms with Crippen LogP contribution in [0, 0.1) is 0 Å². The van der Waals surface area contributed by atoms with Gasteiger partial charge < -0.3 is 9.84 Å². The van der Waals surface area contributed by atoms with Crippen molar-refractivity contribution in [3.05, 3.63) is 126 Å². The molecule has 4 nitrogen and oxygen atoms in total. The van der Waals surface area contributed by atoms with Gasteiger partial charge in [0, 0.05) is 30.3 Å². The van der Waals surface area contributed by atoms with Crippen LogP contribution in [0.15, 0.2) is 114 Å². The fraction of sp³-hybridized carbons (Fsp3) is 0.342. The Labute approximate surface area is 250 Å². The van der Waals surface area contributed by atoms with Crippen LogP contribution < -0.4 is 0 Å². The van der Waals surface area contributed by atoms with Crippen molar-refractivity contribution in [1.82, 2.24) is 4.90 Å².